The molecule has 4 aliphatic rings. The molecule has 27 heavy (non-hydrogen) atoms. The van der Waals surface area contributed by atoms with E-state index in [1.165, 1.54) is 18.4 Å². The first kappa shape index (κ1) is 17.6. The van der Waals surface area contributed by atoms with E-state index in [9.17, 15) is 4.79 Å². The predicted molar refractivity (Wildman–Crippen MR) is 98.6 cm³/mol. The van der Waals surface area contributed by atoms with Crippen LogP contribution in [0.15, 0.2) is 24.5 Å². The van der Waals surface area contributed by atoms with E-state index < -0.39 is 0 Å². The Morgan fingerprint density at radius 3 is 2.89 bits per heavy atom. The van der Waals surface area contributed by atoms with Crippen LogP contribution in [0.5, 0.6) is 0 Å². The highest BCUT2D eigenvalue weighted by atomic mass is 16.7. The number of carbonyl (C=O) groups is 1. The van der Waals surface area contributed by atoms with Crippen molar-refractivity contribution in [2.45, 2.75) is 37.5 Å². The van der Waals surface area contributed by atoms with Crippen molar-refractivity contribution in [3.8, 4) is 0 Å². The first-order valence-electron chi connectivity index (χ1n) is 10.1. The van der Waals surface area contributed by atoms with Crippen LogP contribution < -0.4 is 0 Å². The summed E-state index contributed by atoms with van der Waals surface area (Å²) in [6.07, 6.45) is 7.24. The highest BCUT2D eigenvalue weighted by molar-refractivity contribution is 5.81. The van der Waals surface area contributed by atoms with Gasteiger partial charge < -0.3 is 4.74 Å². The lowest BCUT2D eigenvalue weighted by molar-refractivity contribution is -0.216. The minimum atomic E-state index is -0.193. The van der Waals surface area contributed by atoms with Gasteiger partial charge in [0.25, 0.3) is 5.91 Å². The summed E-state index contributed by atoms with van der Waals surface area (Å²) in [7, 11) is 0. The number of carbonyl (C=O) groups excluding carboxylic acids is 1. The molecule has 1 atom stereocenters. The quantitative estimate of drug-likeness (QED) is 0.766. The summed E-state index contributed by atoms with van der Waals surface area (Å²) in [6, 6.07) is 3.90. The summed E-state index contributed by atoms with van der Waals surface area (Å²) in [5, 5.41) is 1.56. The lowest BCUT2D eigenvalue weighted by atomic mass is 9.89. The molecule has 1 aliphatic carbocycles. The second-order valence-electron chi connectivity index (χ2n) is 8.52. The molecular weight excluding hydrogens is 344 g/mol. The molecular formula is C20H28N4O3. The molecule has 1 aromatic heterocycles. The van der Waals surface area contributed by atoms with Gasteiger partial charge >= 0.3 is 0 Å². The van der Waals surface area contributed by atoms with E-state index in [4.69, 9.17) is 9.57 Å². The number of rotatable bonds is 5. The third-order valence-corrected chi connectivity index (χ3v) is 6.11. The van der Waals surface area contributed by atoms with Crippen LogP contribution in [0.1, 0.15) is 24.8 Å². The van der Waals surface area contributed by atoms with Crippen molar-refractivity contribution in [2.75, 3.05) is 45.9 Å². The third-order valence-electron chi connectivity index (χ3n) is 6.11. The SMILES string of the molecule is O=C([C@@H]1COC2(CN(Cc3cccnc3)C2)CN1CC1CC1)N1CCCO1. The largest absolute Gasteiger partial charge is 0.369 e. The minimum absolute atomic E-state index is 0.0783. The van der Waals surface area contributed by atoms with Crippen LogP contribution in [-0.2, 0) is 20.9 Å². The molecule has 1 saturated carbocycles. The Labute approximate surface area is 160 Å². The zero-order chi connectivity index (χ0) is 18.3. The maximum Gasteiger partial charge on any atom is 0.265 e. The highest BCUT2D eigenvalue weighted by Crippen LogP contribution is 2.36. The molecule has 4 fully saturated rings. The average Bonchev–Trinajstić information content (AvgIpc) is 3.30. The minimum Gasteiger partial charge on any atom is -0.369 e. The fraction of sp³-hybridized carbons (Fsp3) is 0.700. The van der Waals surface area contributed by atoms with Crippen LogP contribution in [0.2, 0.25) is 0 Å². The van der Waals surface area contributed by atoms with Gasteiger partial charge in [-0.15, -0.1) is 0 Å². The van der Waals surface area contributed by atoms with E-state index in [-0.39, 0.29) is 17.6 Å². The highest BCUT2D eigenvalue weighted by Gasteiger charge is 2.51. The van der Waals surface area contributed by atoms with Crippen molar-refractivity contribution < 1.29 is 14.4 Å². The van der Waals surface area contributed by atoms with E-state index in [1.807, 2.05) is 18.5 Å². The number of nitrogens with zero attached hydrogens (tertiary/aromatic N) is 4. The van der Waals surface area contributed by atoms with Gasteiger partial charge in [0.1, 0.15) is 11.6 Å². The normalized spacial score (nSPS) is 28.4. The van der Waals surface area contributed by atoms with E-state index in [2.05, 4.69) is 20.9 Å². The molecule has 1 spiro atoms. The van der Waals surface area contributed by atoms with Gasteiger partial charge in [0.15, 0.2) is 0 Å². The molecule has 5 rings (SSSR count). The molecule has 0 N–H and O–H groups in total. The Hall–Kier alpha value is -1.54. The number of pyridine rings is 1. The molecule has 1 aromatic rings. The van der Waals surface area contributed by atoms with Gasteiger partial charge in [0, 0.05) is 45.1 Å². The second-order valence-corrected chi connectivity index (χ2v) is 8.52. The predicted octanol–water partition coefficient (Wildman–Crippen LogP) is 0.911. The number of hydroxylamine groups is 2. The van der Waals surface area contributed by atoms with Crippen LogP contribution in [0, 0.1) is 5.92 Å². The van der Waals surface area contributed by atoms with Crippen molar-refractivity contribution in [3.63, 3.8) is 0 Å². The van der Waals surface area contributed by atoms with E-state index in [1.54, 1.807) is 5.06 Å². The average molecular weight is 372 g/mol. The fourth-order valence-electron chi connectivity index (χ4n) is 4.55. The first-order valence-corrected chi connectivity index (χ1v) is 10.1. The summed E-state index contributed by atoms with van der Waals surface area (Å²) in [6.45, 7) is 6.44. The van der Waals surface area contributed by atoms with Crippen LogP contribution in [0.25, 0.3) is 0 Å². The van der Waals surface area contributed by atoms with Crippen molar-refractivity contribution in [2.24, 2.45) is 5.92 Å². The number of likely N-dealkylation sites (tertiary alicyclic amines) is 1. The Kier molecular flexibility index (Phi) is 4.63. The summed E-state index contributed by atoms with van der Waals surface area (Å²) in [5.41, 5.74) is 1.11. The Bertz CT molecular complexity index is 669. The molecule has 3 saturated heterocycles. The Morgan fingerprint density at radius 2 is 2.19 bits per heavy atom. The van der Waals surface area contributed by atoms with Crippen LogP contribution in [0.4, 0.5) is 0 Å². The van der Waals surface area contributed by atoms with Gasteiger partial charge in [-0.1, -0.05) is 6.07 Å². The maximum atomic E-state index is 12.9. The first-order chi connectivity index (χ1) is 13.2. The molecule has 7 heteroatoms. The number of aromatic nitrogens is 1. The topological polar surface area (TPSA) is 58.1 Å². The Balaban J connectivity index is 1.21. The summed E-state index contributed by atoms with van der Waals surface area (Å²) < 4.78 is 6.29. The molecule has 0 aromatic carbocycles. The Morgan fingerprint density at radius 1 is 1.30 bits per heavy atom. The van der Waals surface area contributed by atoms with Crippen molar-refractivity contribution >= 4 is 5.91 Å². The number of ether oxygens (including phenoxy) is 1. The molecule has 1 amide bonds. The van der Waals surface area contributed by atoms with Crippen LogP contribution >= 0.6 is 0 Å². The maximum absolute atomic E-state index is 12.9. The van der Waals surface area contributed by atoms with Gasteiger partial charge in [0.2, 0.25) is 0 Å². The zero-order valence-corrected chi connectivity index (χ0v) is 15.8. The van der Waals surface area contributed by atoms with E-state index >= 15 is 0 Å². The molecule has 7 nitrogen and oxygen atoms in total. The van der Waals surface area contributed by atoms with Crippen LogP contribution in [-0.4, -0.2) is 83.3 Å². The van der Waals surface area contributed by atoms with Gasteiger partial charge in [-0.2, -0.15) is 0 Å². The third kappa shape index (κ3) is 3.74. The fourth-order valence-corrected chi connectivity index (χ4v) is 4.55. The van der Waals surface area contributed by atoms with E-state index in [0.717, 1.165) is 45.1 Å². The summed E-state index contributed by atoms with van der Waals surface area (Å²) in [4.78, 5) is 27.4. The van der Waals surface area contributed by atoms with Gasteiger partial charge in [-0.05, 0) is 36.8 Å². The monoisotopic (exact) mass is 372 g/mol. The zero-order valence-electron chi connectivity index (χ0n) is 15.8. The lowest BCUT2D eigenvalue weighted by Gasteiger charge is -2.55. The molecule has 146 valence electrons. The molecule has 0 radical (unpaired) electrons. The standard InChI is InChI=1S/C20H28N4O3/c25-19(24-7-2-8-27-24)18-12-26-20(15-23(18)11-16-4-5-16)13-22(14-20)10-17-3-1-6-21-9-17/h1,3,6,9,16,18H,2,4-5,7-8,10-15H2/t18-/m0/s1. The second kappa shape index (κ2) is 7.13. The molecule has 3 aliphatic heterocycles. The lowest BCUT2D eigenvalue weighted by Crippen LogP contribution is -2.72. The van der Waals surface area contributed by atoms with Gasteiger partial charge in [-0.3, -0.25) is 24.4 Å². The summed E-state index contributed by atoms with van der Waals surface area (Å²) >= 11 is 0. The molecule has 0 bridgehead atoms. The molecule has 0 unspecified atom stereocenters. The number of amides is 1. The van der Waals surface area contributed by atoms with Crippen molar-refractivity contribution in [1.29, 1.82) is 0 Å². The van der Waals surface area contributed by atoms with Crippen molar-refractivity contribution in [3.05, 3.63) is 30.1 Å². The number of hydrogen-bond donors (Lipinski definition) is 0. The smallest absolute Gasteiger partial charge is 0.265 e. The number of hydrogen-bond acceptors (Lipinski definition) is 6. The van der Waals surface area contributed by atoms with Gasteiger partial charge in [-0.25, -0.2) is 5.06 Å². The number of morpholine rings is 1. The van der Waals surface area contributed by atoms with Crippen LogP contribution in [0.3, 0.4) is 0 Å². The summed E-state index contributed by atoms with van der Waals surface area (Å²) in [5.74, 6) is 0.830. The molecule has 4 heterocycles. The van der Waals surface area contributed by atoms with E-state index in [0.29, 0.717) is 19.8 Å². The van der Waals surface area contributed by atoms with Gasteiger partial charge in [0.05, 0.1) is 19.8 Å². The van der Waals surface area contributed by atoms with Crippen molar-refractivity contribution in [1.82, 2.24) is 19.8 Å².